The standard InChI is InChI=1S/C13H22N4O.C8H15FO.C2H6.CH4O/c1-5-8-10(6-2)18-13-16-9(4)11(15-7-3)12(14)17-13;1-2-3-7-4-5-8(6-9)10-7;2*1-2/h7,10H,5-6,8H2,1-4H3,(H2,14,16,17);7-8H,2-6H2,1H3;1-2H3;2H,1H3. The highest BCUT2D eigenvalue weighted by atomic mass is 19.1. The minimum atomic E-state index is -0.305. The molecule has 8 heteroatoms. The van der Waals surface area contributed by atoms with Crippen molar-refractivity contribution in [2.45, 2.75) is 112 Å². The number of aromatic nitrogens is 2. The molecular formula is C24H47FN4O3. The number of aryl methyl sites for hydroxylation is 1. The number of anilines is 1. The fraction of sp³-hybridized carbons (Fsp3) is 0.792. The van der Waals surface area contributed by atoms with Crippen LogP contribution in [0.25, 0.3) is 0 Å². The van der Waals surface area contributed by atoms with Crippen LogP contribution in [0.2, 0.25) is 0 Å². The van der Waals surface area contributed by atoms with Gasteiger partial charge in [0.05, 0.1) is 17.9 Å². The van der Waals surface area contributed by atoms with Gasteiger partial charge in [-0.25, -0.2) is 4.39 Å². The number of nitrogens with zero attached hydrogens (tertiary/aromatic N) is 3. The Labute approximate surface area is 195 Å². The molecule has 3 N–H and O–H groups in total. The van der Waals surface area contributed by atoms with Crippen molar-refractivity contribution in [1.29, 1.82) is 0 Å². The second-order valence-corrected chi connectivity index (χ2v) is 7.05. The van der Waals surface area contributed by atoms with Crippen LogP contribution in [0.4, 0.5) is 15.9 Å². The molecule has 0 bridgehead atoms. The van der Waals surface area contributed by atoms with Crippen molar-refractivity contribution in [3.63, 3.8) is 0 Å². The normalized spacial score (nSPS) is 17.9. The average molecular weight is 459 g/mol. The summed E-state index contributed by atoms with van der Waals surface area (Å²) in [6, 6.07) is 0.348. The van der Waals surface area contributed by atoms with Gasteiger partial charge in [-0.1, -0.05) is 47.5 Å². The van der Waals surface area contributed by atoms with E-state index in [0.29, 0.717) is 23.6 Å². The van der Waals surface area contributed by atoms with E-state index in [-0.39, 0.29) is 18.9 Å². The van der Waals surface area contributed by atoms with Crippen LogP contribution in [0.5, 0.6) is 6.01 Å². The van der Waals surface area contributed by atoms with Crippen LogP contribution in [-0.2, 0) is 4.74 Å². The van der Waals surface area contributed by atoms with Gasteiger partial charge in [-0.3, -0.25) is 4.99 Å². The Hall–Kier alpha value is -1.80. The molecule has 2 heterocycles. The second kappa shape index (κ2) is 21.1. The quantitative estimate of drug-likeness (QED) is 0.441. The molecule has 0 radical (unpaired) electrons. The Morgan fingerprint density at radius 1 is 1.19 bits per heavy atom. The fourth-order valence-corrected chi connectivity index (χ4v) is 3.15. The first-order valence-corrected chi connectivity index (χ1v) is 11.9. The van der Waals surface area contributed by atoms with E-state index in [1.807, 2.05) is 27.7 Å². The molecule has 0 spiro atoms. The monoisotopic (exact) mass is 458 g/mol. The molecule has 0 aliphatic carbocycles. The summed E-state index contributed by atoms with van der Waals surface area (Å²) in [5.74, 6) is 0.363. The minimum absolute atomic E-state index is 0.0865. The molecule has 1 saturated heterocycles. The summed E-state index contributed by atoms with van der Waals surface area (Å²) >= 11 is 0. The zero-order chi connectivity index (χ0) is 24.9. The van der Waals surface area contributed by atoms with Gasteiger partial charge >= 0.3 is 6.01 Å². The van der Waals surface area contributed by atoms with Crippen molar-refractivity contribution in [2.75, 3.05) is 19.5 Å². The number of ether oxygens (including phenoxy) is 2. The summed E-state index contributed by atoms with van der Waals surface area (Å²) in [4.78, 5) is 12.6. The molecule has 188 valence electrons. The van der Waals surface area contributed by atoms with Crippen LogP contribution in [-0.4, -0.2) is 53.4 Å². The van der Waals surface area contributed by atoms with Crippen molar-refractivity contribution in [1.82, 2.24) is 9.97 Å². The highest BCUT2D eigenvalue weighted by Crippen LogP contribution is 2.26. The SMILES string of the molecule is CC.CC=Nc1c(C)nc(OC(CC)CCC)nc1N.CCCC1CCC(CF)O1.CO. The Kier molecular flexibility index (Phi) is 21.3. The number of aliphatic imine (C=N–C) groups is 1. The summed E-state index contributed by atoms with van der Waals surface area (Å²) in [5.41, 5.74) is 7.21. The van der Waals surface area contributed by atoms with Crippen LogP contribution in [0.15, 0.2) is 4.99 Å². The topological polar surface area (TPSA) is 103 Å². The van der Waals surface area contributed by atoms with E-state index in [2.05, 4.69) is 35.7 Å². The smallest absolute Gasteiger partial charge is 0.318 e. The first-order chi connectivity index (χ1) is 15.5. The van der Waals surface area contributed by atoms with Gasteiger partial charge in [0, 0.05) is 13.3 Å². The number of alkyl halides is 1. The van der Waals surface area contributed by atoms with Crippen LogP contribution in [0.3, 0.4) is 0 Å². The van der Waals surface area contributed by atoms with Gasteiger partial charge in [0.25, 0.3) is 0 Å². The Morgan fingerprint density at radius 2 is 1.81 bits per heavy atom. The van der Waals surface area contributed by atoms with Gasteiger partial charge in [0.2, 0.25) is 0 Å². The molecule has 1 fully saturated rings. The van der Waals surface area contributed by atoms with E-state index in [0.717, 1.165) is 57.7 Å². The number of rotatable bonds is 9. The molecule has 1 aliphatic rings. The van der Waals surface area contributed by atoms with Gasteiger partial charge in [0.15, 0.2) is 5.82 Å². The molecule has 1 aliphatic heterocycles. The number of aliphatic hydroxyl groups is 1. The van der Waals surface area contributed by atoms with Crippen LogP contribution < -0.4 is 10.5 Å². The predicted octanol–water partition coefficient (Wildman–Crippen LogP) is 5.99. The maximum Gasteiger partial charge on any atom is 0.318 e. The number of aliphatic hydroxyl groups excluding tert-OH is 1. The third kappa shape index (κ3) is 12.9. The molecule has 0 aromatic carbocycles. The largest absolute Gasteiger partial charge is 0.460 e. The number of hydrogen-bond acceptors (Lipinski definition) is 7. The van der Waals surface area contributed by atoms with Crippen molar-refractivity contribution in [2.24, 2.45) is 4.99 Å². The number of halogens is 1. The second-order valence-electron chi connectivity index (χ2n) is 7.05. The molecule has 3 atom stereocenters. The van der Waals surface area contributed by atoms with E-state index >= 15 is 0 Å². The van der Waals surface area contributed by atoms with Gasteiger partial charge in [-0.2, -0.15) is 9.97 Å². The molecule has 2 rings (SSSR count). The maximum atomic E-state index is 12.0. The summed E-state index contributed by atoms with van der Waals surface area (Å²) in [6.45, 7) is 13.7. The molecule has 32 heavy (non-hydrogen) atoms. The minimum Gasteiger partial charge on any atom is -0.460 e. The Morgan fingerprint density at radius 3 is 2.25 bits per heavy atom. The van der Waals surface area contributed by atoms with Crippen LogP contribution in [0.1, 0.15) is 92.2 Å². The van der Waals surface area contributed by atoms with Crippen molar-refractivity contribution >= 4 is 17.7 Å². The highest BCUT2D eigenvalue weighted by molar-refractivity contribution is 5.68. The molecule has 1 aromatic rings. The maximum absolute atomic E-state index is 12.0. The first-order valence-electron chi connectivity index (χ1n) is 11.9. The summed E-state index contributed by atoms with van der Waals surface area (Å²) < 4.78 is 23.1. The molecule has 7 nitrogen and oxygen atoms in total. The lowest BCUT2D eigenvalue weighted by Gasteiger charge is -2.16. The highest BCUT2D eigenvalue weighted by Gasteiger charge is 2.23. The van der Waals surface area contributed by atoms with E-state index < -0.39 is 0 Å². The van der Waals surface area contributed by atoms with E-state index in [1.54, 1.807) is 6.21 Å². The number of hydrogen-bond donors (Lipinski definition) is 2. The zero-order valence-electron chi connectivity index (χ0n) is 21.5. The van der Waals surface area contributed by atoms with E-state index in [9.17, 15) is 4.39 Å². The van der Waals surface area contributed by atoms with Gasteiger partial charge in [0.1, 0.15) is 18.5 Å². The summed E-state index contributed by atoms with van der Waals surface area (Å²) in [5, 5.41) is 7.00. The van der Waals surface area contributed by atoms with E-state index in [1.165, 1.54) is 0 Å². The van der Waals surface area contributed by atoms with E-state index in [4.69, 9.17) is 20.3 Å². The Bertz CT molecular complexity index is 580. The van der Waals surface area contributed by atoms with Crippen molar-refractivity contribution in [3.05, 3.63) is 5.69 Å². The lowest BCUT2D eigenvalue weighted by molar-refractivity contribution is 0.0269. The number of nitrogens with two attached hydrogens (primary N) is 1. The third-order valence-corrected chi connectivity index (χ3v) is 4.64. The lowest BCUT2D eigenvalue weighted by Crippen LogP contribution is -2.17. The average Bonchev–Trinajstić information content (AvgIpc) is 3.27. The van der Waals surface area contributed by atoms with Crippen molar-refractivity contribution < 1.29 is 19.0 Å². The fourth-order valence-electron chi connectivity index (χ4n) is 3.15. The predicted molar refractivity (Wildman–Crippen MR) is 133 cm³/mol. The van der Waals surface area contributed by atoms with Crippen LogP contribution >= 0.6 is 0 Å². The van der Waals surface area contributed by atoms with Gasteiger partial charge in [-0.05, 0) is 46.0 Å². The van der Waals surface area contributed by atoms with Gasteiger partial charge < -0.3 is 20.3 Å². The van der Waals surface area contributed by atoms with Crippen molar-refractivity contribution in [3.8, 4) is 6.01 Å². The lowest BCUT2D eigenvalue weighted by atomic mass is 10.1. The zero-order valence-corrected chi connectivity index (χ0v) is 21.5. The molecular weight excluding hydrogens is 411 g/mol. The third-order valence-electron chi connectivity index (χ3n) is 4.64. The van der Waals surface area contributed by atoms with Crippen LogP contribution in [0, 0.1) is 6.92 Å². The summed E-state index contributed by atoms with van der Waals surface area (Å²) in [7, 11) is 1.00. The first kappa shape index (κ1) is 32.4. The molecule has 3 unspecified atom stereocenters. The summed E-state index contributed by atoms with van der Waals surface area (Å²) in [6.07, 6.45) is 9.30. The van der Waals surface area contributed by atoms with Gasteiger partial charge in [-0.15, -0.1) is 0 Å². The molecule has 0 amide bonds. The molecule has 0 saturated carbocycles. The number of nitrogen functional groups attached to an aromatic ring is 1. The Balaban J connectivity index is 0. The molecule has 1 aromatic heterocycles.